The van der Waals surface area contributed by atoms with Crippen LogP contribution in [-0.2, 0) is 25.7 Å². The number of hydrogen-bond acceptors (Lipinski definition) is 6. The second-order valence-electron chi connectivity index (χ2n) is 7.76. The molecule has 9 nitrogen and oxygen atoms in total. The molecule has 0 aromatic heterocycles. The summed E-state index contributed by atoms with van der Waals surface area (Å²) in [6, 6.07) is 8.02. The lowest BCUT2D eigenvalue weighted by Crippen LogP contribution is -2.68. The average molecular weight is 419 g/mol. The normalized spacial score (nSPS) is 17.0. The molecular formula is C21H29N3O6. The van der Waals surface area contributed by atoms with Crippen LogP contribution in [0.2, 0.25) is 0 Å². The number of likely N-dealkylation sites (tertiary alicyclic amines) is 1. The summed E-state index contributed by atoms with van der Waals surface area (Å²) in [5, 5.41) is 14.5. The Labute approximate surface area is 175 Å². The quantitative estimate of drug-likeness (QED) is 0.388. The van der Waals surface area contributed by atoms with Crippen molar-refractivity contribution in [1.29, 1.82) is 0 Å². The fourth-order valence-electron chi connectivity index (χ4n) is 3.38. The molecule has 0 radical (unpaired) electrons. The molecule has 1 aliphatic heterocycles. The number of hydrogen-bond donors (Lipinski definition) is 3. The van der Waals surface area contributed by atoms with Crippen LogP contribution in [0.1, 0.15) is 38.7 Å². The molecule has 1 aromatic carbocycles. The predicted octanol–water partition coefficient (Wildman–Crippen LogP) is 1.52. The van der Waals surface area contributed by atoms with Gasteiger partial charge in [0.2, 0.25) is 11.6 Å². The summed E-state index contributed by atoms with van der Waals surface area (Å²) >= 11 is 0. The van der Waals surface area contributed by atoms with Gasteiger partial charge in [-0.2, -0.15) is 0 Å². The van der Waals surface area contributed by atoms with E-state index in [0.717, 1.165) is 18.4 Å². The number of amides is 2. The highest BCUT2D eigenvalue weighted by molar-refractivity contribution is 6.01. The average Bonchev–Trinajstić information content (AvgIpc) is 3.25. The second-order valence-corrected chi connectivity index (χ2v) is 7.76. The summed E-state index contributed by atoms with van der Waals surface area (Å²) in [4.78, 5) is 50.2. The van der Waals surface area contributed by atoms with Gasteiger partial charge in [-0.05, 0) is 30.7 Å². The molecule has 1 fully saturated rings. The number of nitrogens with one attached hydrogen (secondary N) is 2. The maximum absolute atomic E-state index is 12.9. The number of benzene rings is 1. The molecule has 3 N–H and O–H groups in total. The number of carbonyl (C=O) groups is 4. The minimum atomic E-state index is -2.15. The third-order valence-electron chi connectivity index (χ3n) is 4.94. The summed E-state index contributed by atoms with van der Waals surface area (Å²) in [6.45, 7) is 4.52. The van der Waals surface area contributed by atoms with Crippen molar-refractivity contribution >= 4 is 24.3 Å². The van der Waals surface area contributed by atoms with E-state index in [-0.39, 0.29) is 25.2 Å². The maximum Gasteiger partial charge on any atom is 0.408 e. The maximum atomic E-state index is 12.9. The van der Waals surface area contributed by atoms with E-state index in [1.165, 1.54) is 4.90 Å². The van der Waals surface area contributed by atoms with Crippen LogP contribution in [0.15, 0.2) is 30.3 Å². The number of aliphatic carboxylic acids is 1. The van der Waals surface area contributed by atoms with Crippen LogP contribution in [-0.4, -0.2) is 59.1 Å². The van der Waals surface area contributed by atoms with Crippen molar-refractivity contribution in [2.45, 2.75) is 51.4 Å². The monoisotopic (exact) mass is 419 g/mol. The molecule has 9 heteroatoms. The molecule has 30 heavy (non-hydrogen) atoms. The molecule has 0 spiro atoms. The Morgan fingerprint density at radius 2 is 1.83 bits per heavy atom. The van der Waals surface area contributed by atoms with Crippen molar-refractivity contribution in [2.24, 2.45) is 5.92 Å². The highest BCUT2D eigenvalue weighted by atomic mass is 16.5. The number of carboxylic acid groups (broad SMARTS) is 1. The zero-order valence-corrected chi connectivity index (χ0v) is 17.3. The molecule has 1 aliphatic rings. The Hall–Kier alpha value is -2.94. The van der Waals surface area contributed by atoms with Gasteiger partial charge >= 0.3 is 12.1 Å². The highest BCUT2D eigenvalue weighted by Gasteiger charge is 2.48. The van der Waals surface area contributed by atoms with Crippen LogP contribution >= 0.6 is 0 Å². The number of ether oxygens (including phenoxy) is 1. The van der Waals surface area contributed by atoms with Gasteiger partial charge in [-0.3, -0.25) is 14.5 Å². The second kappa shape index (κ2) is 10.7. The zero-order chi connectivity index (χ0) is 22.1. The van der Waals surface area contributed by atoms with E-state index in [1.54, 1.807) is 12.1 Å². The Morgan fingerprint density at radius 3 is 2.37 bits per heavy atom. The third-order valence-corrected chi connectivity index (χ3v) is 4.94. The van der Waals surface area contributed by atoms with Gasteiger partial charge in [0.05, 0.1) is 0 Å². The molecule has 0 bridgehead atoms. The minimum Gasteiger partial charge on any atom is -0.478 e. The van der Waals surface area contributed by atoms with Crippen LogP contribution < -0.4 is 10.6 Å². The number of carboxylic acids is 1. The third kappa shape index (κ3) is 6.03. The summed E-state index contributed by atoms with van der Waals surface area (Å²) < 4.78 is 5.17. The summed E-state index contributed by atoms with van der Waals surface area (Å²) in [7, 11) is 0. The largest absolute Gasteiger partial charge is 0.478 e. The molecule has 2 amide bonds. The molecule has 2 unspecified atom stereocenters. The van der Waals surface area contributed by atoms with Crippen LogP contribution in [0.4, 0.5) is 4.79 Å². The number of alkyl carbamates (subject to hydrolysis) is 1. The number of carbonyl (C=O) groups excluding carboxylic acids is 3. The fourth-order valence-corrected chi connectivity index (χ4v) is 3.38. The van der Waals surface area contributed by atoms with Gasteiger partial charge in [0.1, 0.15) is 12.6 Å². The number of rotatable bonds is 10. The summed E-state index contributed by atoms with van der Waals surface area (Å²) in [5.74, 6) is -2.18. The first-order valence-corrected chi connectivity index (χ1v) is 10.0. The molecule has 164 valence electrons. The Balaban J connectivity index is 2.08. The van der Waals surface area contributed by atoms with Gasteiger partial charge in [-0.25, -0.2) is 9.59 Å². The van der Waals surface area contributed by atoms with Crippen molar-refractivity contribution < 1.29 is 29.0 Å². The zero-order valence-electron chi connectivity index (χ0n) is 17.3. The van der Waals surface area contributed by atoms with Crippen molar-refractivity contribution in [3.63, 3.8) is 0 Å². The molecule has 1 saturated heterocycles. The van der Waals surface area contributed by atoms with Gasteiger partial charge in [0, 0.05) is 13.1 Å². The predicted molar refractivity (Wildman–Crippen MR) is 108 cm³/mol. The van der Waals surface area contributed by atoms with E-state index < -0.39 is 29.7 Å². The fraction of sp³-hybridized carbons (Fsp3) is 0.524. The van der Waals surface area contributed by atoms with Gasteiger partial charge in [0.15, 0.2) is 6.29 Å². The van der Waals surface area contributed by atoms with Crippen molar-refractivity contribution in [3.8, 4) is 0 Å². The van der Waals surface area contributed by atoms with Crippen molar-refractivity contribution in [2.75, 3.05) is 13.1 Å². The topological polar surface area (TPSA) is 125 Å². The Morgan fingerprint density at radius 1 is 1.20 bits per heavy atom. The van der Waals surface area contributed by atoms with E-state index in [9.17, 15) is 24.3 Å². The minimum absolute atomic E-state index is 0.0254. The van der Waals surface area contributed by atoms with Crippen LogP contribution in [0, 0.1) is 5.92 Å². The lowest BCUT2D eigenvalue weighted by molar-refractivity contribution is -0.159. The highest BCUT2D eigenvalue weighted by Crippen LogP contribution is 2.19. The van der Waals surface area contributed by atoms with E-state index in [1.807, 2.05) is 32.0 Å². The van der Waals surface area contributed by atoms with E-state index >= 15 is 0 Å². The molecular weight excluding hydrogens is 390 g/mol. The molecule has 1 heterocycles. The first-order valence-electron chi connectivity index (χ1n) is 10.0. The molecule has 0 saturated carbocycles. The Bertz CT molecular complexity index is 748. The van der Waals surface area contributed by atoms with E-state index in [2.05, 4.69) is 10.6 Å². The van der Waals surface area contributed by atoms with Gasteiger partial charge in [-0.1, -0.05) is 44.2 Å². The first-order chi connectivity index (χ1) is 14.3. The van der Waals surface area contributed by atoms with Gasteiger partial charge < -0.3 is 20.5 Å². The van der Waals surface area contributed by atoms with Crippen molar-refractivity contribution in [3.05, 3.63) is 35.9 Å². The lowest BCUT2D eigenvalue weighted by Gasteiger charge is -2.35. The van der Waals surface area contributed by atoms with Gasteiger partial charge in [-0.15, -0.1) is 0 Å². The number of nitrogens with zero attached hydrogens (tertiary/aromatic N) is 1. The van der Waals surface area contributed by atoms with E-state index in [4.69, 9.17) is 4.74 Å². The summed E-state index contributed by atoms with van der Waals surface area (Å²) in [6.07, 6.45) is 1.16. The van der Waals surface area contributed by atoms with Crippen LogP contribution in [0.3, 0.4) is 0 Å². The molecule has 2 rings (SSSR count). The van der Waals surface area contributed by atoms with Crippen molar-refractivity contribution in [1.82, 2.24) is 15.5 Å². The first kappa shape index (κ1) is 23.3. The summed E-state index contributed by atoms with van der Waals surface area (Å²) in [5.41, 5.74) is -1.37. The smallest absolute Gasteiger partial charge is 0.408 e. The molecule has 1 aromatic rings. The standard InChI is InChI=1S/C21H29N3O6/c1-15(2)12-17(22-20(29)30-13-16-8-4-3-5-9-16)18(26)23-21(14-25,19(27)28)24-10-6-7-11-24/h3-5,8-9,14-15,17H,6-7,10-13H2,1-2H3,(H,22,29)(H,23,26)(H,27,28). The lowest BCUT2D eigenvalue weighted by atomic mass is 10.0. The van der Waals surface area contributed by atoms with Crippen LogP contribution in [0.5, 0.6) is 0 Å². The molecule has 0 aliphatic carbocycles. The Kier molecular flexibility index (Phi) is 8.35. The van der Waals surface area contributed by atoms with E-state index in [0.29, 0.717) is 13.1 Å². The molecule has 2 atom stereocenters. The number of aldehydes is 1. The van der Waals surface area contributed by atoms with Gasteiger partial charge in [0.25, 0.3) is 0 Å². The van der Waals surface area contributed by atoms with Crippen LogP contribution in [0.25, 0.3) is 0 Å². The SMILES string of the molecule is CC(C)CC(NC(=O)OCc1ccccc1)C(=O)NC(C=O)(C(=O)O)N1CCCC1.